The van der Waals surface area contributed by atoms with Gasteiger partial charge in [0.2, 0.25) is 5.76 Å². The Kier molecular flexibility index (Phi) is 4.88. The van der Waals surface area contributed by atoms with Crippen LogP contribution >= 0.6 is 0 Å². The van der Waals surface area contributed by atoms with E-state index in [-0.39, 0.29) is 24.0 Å². The molecule has 6 heteroatoms. The normalized spacial score (nSPS) is 12.2. The lowest BCUT2D eigenvalue weighted by Gasteiger charge is -2.10. The number of carboxylic acid groups (broad SMARTS) is 1. The molecule has 0 aliphatic carbocycles. The molecule has 2 N–H and O–H groups in total. The zero-order chi connectivity index (χ0) is 13.7. The van der Waals surface area contributed by atoms with Crippen molar-refractivity contribution in [3.63, 3.8) is 0 Å². The molecule has 1 unspecified atom stereocenters. The van der Waals surface area contributed by atoms with Crippen molar-refractivity contribution in [3.05, 3.63) is 17.3 Å². The second-order valence-electron chi connectivity index (χ2n) is 4.40. The van der Waals surface area contributed by atoms with E-state index in [9.17, 15) is 9.59 Å². The molecule has 6 nitrogen and oxygen atoms in total. The van der Waals surface area contributed by atoms with Gasteiger partial charge in [-0.05, 0) is 19.3 Å². The first-order valence-corrected chi connectivity index (χ1v) is 5.84. The summed E-state index contributed by atoms with van der Waals surface area (Å²) in [5.74, 6) is -0.353. The first-order valence-electron chi connectivity index (χ1n) is 5.84. The molecule has 100 valence electrons. The number of aliphatic carboxylic acids is 1. The highest BCUT2D eigenvalue weighted by molar-refractivity contribution is 5.92. The van der Waals surface area contributed by atoms with Crippen LogP contribution < -0.4 is 5.32 Å². The quantitative estimate of drug-likeness (QED) is 0.803. The third-order valence-corrected chi connectivity index (χ3v) is 2.57. The molecule has 1 aromatic heterocycles. The Morgan fingerprint density at radius 3 is 2.61 bits per heavy atom. The molecular formula is C12H18N2O4. The van der Waals surface area contributed by atoms with Gasteiger partial charge in [0.05, 0.1) is 5.69 Å². The topological polar surface area (TPSA) is 92.4 Å². The lowest BCUT2D eigenvalue weighted by atomic mass is 10.1. The van der Waals surface area contributed by atoms with Gasteiger partial charge < -0.3 is 14.8 Å². The fourth-order valence-corrected chi connectivity index (χ4v) is 1.56. The molecule has 0 bridgehead atoms. The molecule has 1 atom stereocenters. The molecule has 0 aliphatic heterocycles. The predicted molar refractivity (Wildman–Crippen MR) is 64.3 cm³/mol. The average molecular weight is 254 g/mol. The molecule has 18 heavy (non-hydrogen) atoms. The molecule has 0 aliphatic rings. The largest absolute Gasteiger partial charge is 0.481 e. The Labute approximate surface area is 105 Å². The third-order valence-electron chi connectivity index (χ3n) is 2.57. The van der Waals surface area contributed by atoms with Crippen LogP contribution in [0.3, 0.4) is 0 Å². The Morgan fingerprint density at radius 1 is 1.44 bits per heavy atom. The second-order valence-corrected chi connectivity index (χ2v) is 4.40. The number of carbonyl (C=O) groups is 2. The van der Waals surface area contributed by atoms with E-state index >= 15 is 0 Å². The molecule has 1 rings (SSSR count). The van der Waals surface area contributed by atoms with Crippen molar-refractivity contribution < 1.29 is 19.1 Å². The minimum atomic E-state index is -0.824. The molecule has 1 aromatic rings. The number of nitrogens with one attached hydrogen (secondary N) is 1. The second kappa shape index (κ2) is 6.18. The van der Waals surface area contributed by atoms with Gasteiger partial charge in [0.15, 0.2) is 5.89 Å². The number of carbonyl (C=O) groups excluding carboxylic acids is 1. The lowest BCUT2D eigenvalue weighted by molar-refractivity contribution is -0.137. The lowest BCUT2D eigenvalue weighted by Crippen LogP contribution is -2.28. The number of aryl methyl sites for hydroxylation is 2. The molecule has 0 spiro atoms. The van der Waals surface area contributed by atoms with Crippen LogP contribution in [0.5, 0.6) is 0 Å². The molecule has 0 saturated heterocycles. The molecular weight excluding hydrogens is 236 g/mol. The van der Waals surface area contributed by atoms with Gasteiger partial charge in [-0.25, -0.2) is 4.98 Å². The maximum atomic E-state index is 11.8. The zero-order valence-corrected chi connectivity index (χ0v) is 10.8. The monoisotopic (exact) mass is 254 g/mol. The maximum absolute atomic E-state index is 11.8. The first-order chi connectivity index (χ1) is 8.40. The van der Waals surface area contributed by atoms with Gasteiger partial charge in [0.25, 0.3) is 5.91 Å². The van der Waals surface area contributed by atoms with Gasteiger partial charge in [0, 0.05) is 19.9 Å². The summed E-state index contributed by atoms with van der Waals surface area (Å²) in [6.45, 7) is 5.70. The van der Waals surface area contributed by atoms with Crippen molar-refractivity contribution in [2.45, 2.75) is 33.6 Å². The number of nitrogens with zero attached hydrogens (tertiary/aromatic N) is 1. The van der Waals surface area contributed by atoms with Crippen LogP contribution in [0.2, 0.25) is 0 Å². The van der Waals surface area contributed by atoms with Gasteiger partial charge >= 0.3 is 5.97 Å². The van der Waals surface area contributed by atoms with Crippen molar-refractivity contribution >= 4 is 11.9 Å². The number of oxazole rings is 1. The van der Waals surface area contributed by atoms with Crippen LogP contribution in [0.4, 0.5) is 0 Å². The molecule has 0 saturated carbocycles. The minimum absolute atomic E-state index is 0.106. The molecule has 0 aromatic carbocycles. The fraction of sp³-hybridized carbons (Fsp3) is 0.583. The van der Waals surface area contributed by atoms with E-state index in [2.05, 4.69) is 10.3 Å². The van der Waals surface area contributed by atoms with Crippen molar-refractivity contribution in [2.24, 2.45) is 5.92 Å². The number of hydrogen-bond acceptors (Lipinski definition) is 4. The van der Waals surface area contributed by atoms with E-state index in [4.69, 9.17) is 9.52 Å². The number of aromatic nitrogens is 1. The summed E-state index contributed by atoms with van der Waals surface area (Å²) in [7, 11) is 0. The SMILES string of the molecule is Cc1nc(C)c(C(=O)NCC(C)CCC(=O)O)o1. The number of carboxylic acids is 1. The Morgan fingerprint density at radius 2 is 2.11 bits per heavy atom. The van der Waals surface area contributed by atoms with Crippen LogP contribution in [0, 0.1) is 19.8 Å². The van der Waals surface area contributed by atoms with E-state index in [0.717, 1.165) is 0 Å². The molecule has 1 heterocycles. The van der Waals surface area contributed by atoms with E-state index in [1.165, 1.54) is 0 Å². The van der Waals surface area contributed by atoms with E-state index in [1.54, 1.807) is 13.8 Å². The van der Waals surface area contributed by atoms with Crippen LogP contribution in [-0.4, -0.2) is 28.5 Å². The van der Waals surface area contributed by atoms with E-state index < -0.39 is 5.97 Å². The van der Waals surface area contributed by atoms with Gasteiger partial charge in [-0.15, -0.1) is 0 Å². The zero-order valence-electron chi connectivity index (χ0n) is 10.8. The summed E-state index contributed by atoms with van der Waals surface area (Å²) in [5.41, 5.74) is 0.559. The molecule has 0 radical (unpaired) electrons. The maximum Gasteiger partial charge on any atom is 0.303 e. The fourth-order valence-electron chi connectivity index (χ4n) is 1.56. The Hall–Kier alpha value is -1.85. The number of rotatable bonds is 6. The Bertz CT molecular complexity index is 439. The highest BCUT2D eigenvalue weighted by atomic mass is 16.4. The summed E-state index contributed by atoms with van der Waals surface area (Å²) in [4.78, 5) is 26.2. The van der Waals surface area contributed by atoms with Crippen LogP contribution in [0.15, 0.2) is 4.42 Å². The van der Waals surface area contributed by atoms with Crippen LogP contribution in [-0.2, 0) is 4.79 Å². The Balaban J connectivity index is 2.41. The highest BCUT2D eigenvalue weighted by Gasteiger charge is 2.16. The predicted octanol–water partition coefficient (Wildman–Crippen LogP) is 1.52. The minimum Gasteiger partial charge on any atom is -0.481 e. The first kappa shape index (κ1) is 14.2. The van der Waals surface area contributed by atoms with Crippen molar-refractivity contribution in [1.29, 1.82) is 0 Å². The molecule has 0 fully saturated rings. The highest BCUT2D eigenvalue weighted by Crippen LogP contribution is 2.10. The van der Waals surface area contributed by atoms with Gasteiger partial charge in [0.1, 0.15) is 0 Å². The van der Waals surface area contributed by atoms with Gasteiger partial charge in [-0.3, -0.25) is 9.59 Å². The molecule has 1 amide bonds. The van der Waals surface area contributed by atoms with E-state index in [0.29, 0.717) is 24.6 Å². The summed E-state index contributed by atoms with van der Waals surface area (Å²) in [6, 6.07) is 0. The summed E-state index contributed by atoms with van der Waals surface area (Å²) in [6.07, 6.45) is 0.640. The summed E-state index contributed by atoms with van der Waals surface area (Å²) >= 11 is 0. The van der Waals surface area contributed by atoms with Crippen LogP contribution in [0.25, 0.3) is 0 Å². The van der Waals surface area contributed by atoms with Crippen molar-refractivity contribution in [1.82, 2.24) is 10.3 Å². The van der Waals surface area contributed by atoms with Crippen molar-refractivity contribution in [2.75, 3.05) is 6.54 Å². The number of hydrogen-bond donors (Lipinski definition) is 2. The van der Waals surface area contributed by atoms with Crippen LogP contribution in [0.1, 0.15) is 41.9 Å². The smallest absolute Gasteiger partial charge is 0.303 e. The summed E-state index contributed by atoms with van der Waals surface area (Å²) < 4.78 is 5.19. The van der Waals surface area contributed by atoms with Gasteiger partial charge in [-0.1, -0.05) is 6.92 Å². The van der Waals surface area contributed by atoms with E-state index in [1.807, 2.05) is 6.92 Å². The van der Waals surface area contributed by atoms with Gasteiger partial charge in [-0.2, -0.15) is 0 Å². The standard InChI is InChI=1S/C12H18N2O4/c1-7(4-5-10(15)16)6-13-12(17)11-8(2)14-9(3)18-11/h7H,4-6H2,1-3H3,(H,13,17)(H,15,16). The summed E-state index contributed by atoms with van der Waals surface area (Å²) in [5, 5.41) is 11.3. The van der Waals surface area contributed by atoms with Crippen molar-refractivity contribution in [3.8, 4) is 0 Å². The average Bonchev–Trinajstić information content (AvgIpc) is 2.62. The number of amides is 1. The third kappa shape index (κ3) is 4.20.